The number of guanidine groups is 1. The van der Waals surface area contributed by atoms with Crippen LogP contribution in [0, 0.1) is 5.92 Å². The molecule has 30 heavy (non-hydrogen) atoms. The molecule has 7 heteroatoms. The van der Waals surface area contributed by atoms with E-state index in [0.29, 0.717) is 12.0 Å². The molecule has 3 aliphatic rings. The average Bonchev–Trinajstić information content (AvgIpc) is 3.28. The number of allylic oxidation sites excluding steroid dienone is 1. The van der Waals surface area contributed by atoms with Crippen LogP contribution in [-0.4, -0.2) is 38.8 Å². The molecule has 7 nitrogen and oxygen atoms in total. The fourth-order valence-corrected chi connectivity index (χ4v) is 4.70. The van der Waals surface area contributed by atoms with Crippen LogP contribution < -0.4 is 10.6 Å². The van der Waals surface area contributed by atoms with Gasteiger partial charge in [-0.15, -0.1) is 0 Å². The molecule has 0 aromatic carbocycles. The Hall–Kier alpha value is -3.22. The van der Waals surface area contributed by atoms with Gasteiger partial charge in [0.15, 0.2) is 5.78 Å². The molecule has 2 N–H and O–H groups in total. The summed E-state index contributed by atoms with van der Waals surface area (Å²) in [4.78, 5) is 28.3. The fraction of sp³-hybridized carbons (Fsp3) is 0.391. The summed E-state index contributed by atoms with van der Waals surface area (Å²) in [5, 5.41) is 7.59. The molecule has 4 heterocycles. The van der Waals surface area contributed by atoms with Crippen molar-refractivity contribution >= 4 is 28.5 Å². The number of nitrogens with one attached hydrogen (secondary N) is 2. The summed E-state index contributed by atoms with van der Waals surface area (Å²) >= 11 is 0. The Bertz CT molecular complexity index is 1080. The first-order valence-electron chi connectivity index (χ1n) is 10.6. The van der Waals surface area contributed by atoms with Gasteiger partial charge in [-0.05, 0) is 43.5 Å². The van der Waals surface area contributed by atoms with Gasteiger partial charge in [-0.2, -0.15) is 0 Å². The van der Waals surface area contributed by atoms with E-state index in [9.17, 15) is 4.79 Å². The molecule has 5 rings (SSSR count). The molecule has 154 valence electrons. The van der Waals surface area contributed by atoms with Crippen LogP contribution in [0.3, 0.4) is 0 Å². The fourth-order valence-electron chi connectivity index (χ4n) is 4.70. The summed E-state index contributed by atoms with van der Waals surface area (Å²) in [7, 11) is 0. The van der Waals surface area contributed by atoms with Crippen molar-refractivity contribution in [2.45, 2.75) is 51.7 Å². The van der Waals surface area contributed by atoms with E-state index in [4.69, 9.17) is 4.99 Å². The number of Topliss-reactive ketones (excluding diaryl/α,β-unsaturated/α-hetero) is 1. The standard InChI is InChI=1S/C23H26N6O/c1-14-18-12-25-23(27-21-8-7-16-11-24-10-9-20(16)26-21)28-22(18)29(13-19(14)15(2)30)17-5-3-4-6-17/h7-14,17,22H,3-6H2,1-2H3,(H2,25,26,27,28). The maximum Gasteiger partial charge on any atom is 0.203 e. The second-order valence-electron chi connectivity index (χ2n) is 8.28. The molecular weight excluding hydrogens is 376 g/mol. The lowest BCUT2D eigenvalue weighted by Crippen LogP contribution is -2.48. The largest absolute Gasteiger partial charge is 0.349 e. The average molecular weight is 403 g/mol. The van der Waals surface area contributed by atoms with Gasteiger partial charge in [0, 0.05) is 47.7 Å². The normalized spacial score (nSPS) is 23.9. The number of fused-ring (bicyclic) bond motifs is 2. The number of carbonyl (C=O) groups excluding carboxylic acids is 1. The van der Waals surface area contributed by atoms with Gasteiger partial charge in [-0.3, -0.25) is 9.78 Å². The van der Waals surface area contributed by atoms with E-state index in [2.05, 4.69) is 38.6 Å². The van der Waals surface area contributed by atoms with Crippen molar-refractivity contribution in [3.63, 3.8) is 0 Å². The third-order valence-electron chi connectivity index (χ3n) is 6.35. The number of aromatic nitrogens is 2. The van der Waals surface area contributed by atoms with Crippen LogP contribution in [0.4, 0.5) is 5.82 Å². The smallest absolute Gasteiger partial charge is 0.203 e. The highest BCUT2D eigenvalue weighted by atomic mass is 16.1. The van der Waals surface area contributed by atoms with Gasteiger partial charge >= 0.3 is 0 Å². The Balaban J connectivity index is 1.46. The summed E-state index contributed by atoms with van der Waals surface area (Å²) in [6, 6.07) is 6.25. The highest BCUT2D eigenvalue weighted by Crippen LogP contribution is 2.38. The number of hydrogen-bond donors (Lipinski definition) is 2. The van der Waals surface area contributed by atoms with Crippen molar-refractivity contribution in [1.82, 2.24) is 20.2 Å². The predicted molar refractivity (Wildman–Crippen MR) is 118 cm³/mol. The number of anilines is 1. The Morgan fingerprint density at radius 1 is 1.23 bits per heavy atom. The summed E-state index contributed by atoms with van der Waals surface area (Å²) < 4.78 is 0. The lowest BCUT2D eigenvalue weighted by Gasteiger charge is -2.42. The van der Waals surface area contributed by atoms with Crippen molar-refractivity contribution in [3.8, 4) is 0 Å². The molecule has 2 unspecified atom stereocenters. The first-order chi connectivity index (χ1) is 14.6. The Morgan fingerprint density at radius 2 is 2.07 bits per heavy atom. The van der Waals surface area contributed by atoms with Gasteiger partial charge in [0.25, 0.3) is 0 Å². The number of nitrogens with zero attached hydrogens (tertiary/aromatic N) is 4. The Morgan fingerprint density at radius 3 is 2.87 bits per heavy atom. The summed E-state index contributed by atoms with van der Waals surface area (Å²) in [6.07, 6.45) is 12.3. The summed E-state index contributed by atoms with van der Waals surface area (Å²) in [6.45, 7) is 3.75. The van der Waals surface area contributed by atoms with Crippen molar-refractivity contribution in [1.29, 1.82) is 0 Å². The molecule has 1 saturated carbocycles. The van der Waals surface area contributed by atoms with E-state index in [1.165, 1.54) is 12.8 Å². The van der Waals surface area contributed by atoms with Crippen molar-refractivity contribution in [3.05, 3.63) is 54.1 Å². The van der Waals surface area contributed by atoms with Crippen LogP contribution >= 0.6 is 0 Å². The molecule has 1 fully saturated rings. The van der Waals surface area contributed by atoms with Gasteiger partial charge in [0.1, 0.15) is 12.0 Å². The van der Waals surface area contributed by atoms with E-state index in [-0.39, 0.29) is 17.9 Å². The monoisotopic (exact) mass is 402 g/mol. The van der Waals surface area contributed by atoms with Crippen LogP contribution in [0.5, 0.6) is 0 Å². The highest BCUT2D eigenvalue weighted by Gasteiger charge is 2.38. The predicted octanol–water partition coefficient (Wildman–Crippen LogP) is 3.58. The number of ketones is 1. The number of rotatable bonds is 3. The van der Waals surface area contributed by atoms with Gasteiger partial charge < -0.3 is 15.5 Å². The zero-order valence-corrected chi connectivity index (χ0v) is 17.3. The molecule has 2 atom stereocenters. The molecule has 2 aliphatic heterocycles. The van der Waals surface area contributed by atoms with Crippen LogP contribution in [0.2, 0.25) is 0 Å². The zero-order valence-electron chi connectivity index (χ0n) is 17.3. The minimum atomic E-state index is -0.0976. The minimum absolute atomic E-state index is 0.0502. The molecule has 0 amide bonds. The van der Waals surface area contributed by atoms with Crippen molar-refractivity contribution in [2.24, 2.45) is 10.9 Å². The van der Waals surface area contributed by atoms with Gasteiger partial charge in [-0.1, -0.05) is 19.8 Å². The second kappa shape index (κ2) is 7.55. The SMILES string of the molecule is CC(=O)C1=CN(C2CCCC2)C2N=C(Nc3ccc4cnccc4n3)NC=C2C1C. The minimum Gasteiger partial charge on any atom is -0.349 e. The maximum atomic E-state index is 12.3. The number of hydrogen-bond acceptors (Lipinski definition) is 7. The summed E-state index contributed by atoms with van der Waals surface area (Å²) in [5.74, 6) is 1.58. The number of pyridine rings is 2. The lowest BCUT2D eigenvalue weighted by molar-refractivity contribution is -0.114. The van der Waals surface area contributed by atoms with Crippen LogP contribution in [0.1, 0.15) is 39.5 Å². The van der Waals surface area contributed by atoms with E-state index < -0.39 is 0 Å². The lowest BCUT2D eigenvalue weighted by atomic mass is 9.85. The first kappa shape index (κ1) is 18.8. The molecule has 0 bridgehead atoms. The van der Waals surface area contributed by atoms with Crippen LogP contribution in [0.25, 0.3) is 10.9 Å². The molecule has 1 aliphatic carbocycles. The molecular formula is C23H26N6O. The van der Waals surface area contributed by atoms with E-state index in [1.54, 1.807) is 19.3 Å². The first-order valence-corrected chi connectivity index (χ1v) is 10.6. The van der Waals surface area contributed by atoms with Crippen LogP contribution in [0.15, 0.2) is 59.1 Å². The zero-order chi connectivity index (χ0) is 20.7. The molecule has 2 aromatic rings. The third kappa shape index (κ3) is 3.34. The second-order valence-corrected chi connectivity index (χ2v) is 8.28. The van der Waals surface area contributed by atoms with Crippen LogP contribution in [-0.2, 0) is 4.79 Å². The van der Waals surface area contributed by atoms with Crippen molar-refractivity contribution < 1.29 is 4.79 Å². The van der Waals surface area contributed by atoms with E-state index in [0.717, 1.165) is 40.7 Å². The molecule has 2 aromatic heterocycles. The Labute approximate surface area is 176 Å². The number of carbonyl (C=O) groups is 1. The van der Waals surface area contributed by atoms with Gasteiger partial charge in [0.2, 0.25) is 5.96 Å². The van der Waals surface area contributed by atoms with E-state index >= 15 is 0 Å². The van der Waals surface area contributed by atoms with Gasteiger partial charge in [-0.25, -0.2) is 9.98 Å². The quantitative estimate of drug-likeness (QED) is 0.817. The highest BCUT2D eigenvalue weighted by molar-refractivity contribution is 5.97. The molecule has 0 spiro atoms. The van der Waals surface area contributed by atoms with Crippen molar-refractivity contribution in [2.75, 3.05) is 5.32 Å². The van der Waals surface area contributed by atoms with E-state index in [1.807, 2.05) is 24.4 Å². The molecule has 0 saturated heterocycles. The third-order valence-corrected chi connectivity index (χ3v) is 6.35. The maximum absolute atomic E-state index is 12.3. The topological polar surface area (TPSA) is 82.5 Å². The Kier molecular flexibility index (Phi) is 4.73. The number of aliphatic imine (C=N–C) groups is 1. The van der Waals surface area contributed by atoms with Gasteiger partial charge in [0.05, 0.1) is 5.52 Å². The molecule has 0 radical (unpaired) electrons. The summed E-state index contributed by atoms with van der Waals surface area (Å²) in [5.41, 5.74) is 2.89.